The highest BCUT2D eigenvalue weighted by Crippen LogP contribution is 2.10. The lowest BCUT2D eigenvalue weighted by Gasteiger charge is -2.22. The average molecular weight is 344 g/mol. The van der Waals surface area contributed by atoms with Crippen LogP contribution in [-0.4, -0.2) is 34.6 Å². The number of amides is 1. The van der Waals surface area contributed by atoms with Gasteiger partial charge in [0, 0.05) is 12.0 Å². The number of amidine groups is 1. The highest BCUT2D eigenvalue weighted by Gasteiger charge is 2.24. The number of halogens is 1. The third-order valence-corrected chi connectivity index (χ3v) is 2.67. The van der Waals surface area contributed by atoms with E-state index in [-0.39, 0.29) is 24.7 Å². The summed E-state index contributed by atoms with van der Waals surface area (Å²) >= 11 is 0. The molecule has 0 aliphatic rings. The maximum Gasteiger partial charge on any atom is 0.408 e. The van der Waals surface area contributed by atoms with E-state index in [0.29, 0.717) is 11.1 Å². The number of carbonyl (C=O) groups excluding carboxylic acids is 1. The van der Waals surface area contributed by atoms with Gasteiger partial charge in [0.1, 0.15) is 17.5 Å². The molecule has 0 aliphatic carbocycles. The molecule has 0 spiro atoms. The minimum Gasteiger partial charge on any atom is -0.480 e. The summed E-state index contributed by atoms with van der Waals surface area (Å²) in [6.45, 7) is 5.08. The van der Waals surface area contributed by atoms with Crippen molar-refractivity contribution in [1.29, 1.82) is 5.41 Å². The Kier molecular flexibility index (Phi) is 7.55. The summed E-state index contributed by atoms with van der Waals surface area (Å²) in [6, 6.07) is 5.53. The van der Waals surface area contributed by atoms with Gasteiger partial charge in [-0.15, -0.1) is 12.4 Å². The van der Waals surface area contributed by atoms with Gasteiger partial charge in [-0.25, -0.2) is 9.59 Å². The van der Waals surface area contributed by atoms with E-state index in [1.54, 1.807) is 45.0 Å². The minimum absolute atomic E-state index is 0. The molecule has 5 N–H and O–H groups in total. The molecule has 0 heterocycles. The van der Waals surface area contributed by atoms with Crippen LogP contribution in [0.15, 0.2) is 24.3 Å². The van der Waals surface area contributed by atoms with Crippen LogP contribution in [0.3, 0.4) is 0 Å². The number of carboxylic acid groups (broad SMARTS) is 1. The summed E-state index contributed by atoms with van der Waals surface area (Å²) in [5.74, 6) is -1.27. The number of ether oxygens (including phenoxy) is 1. The molecule has 7 nitrogen and oxygen atoms in total. The second kappa shape index (κ2) is 8.38. The monoisotopic (exact) mass is 343 g/mol. The molecule has 1 amide bonds. The molecule has 0 aromatic heterocycles. The van der Waals surface area contributed by atoms with E-state index in [1.165, 1.54) is 0 Å². The number of carboxylic acids is 1. The molecule has 0 saturated carbocycles. The summed E-state index contributed by atoms with van der Waals surface area (Å²) in [7, 11) is 0. The van der Waals surface area contributed by atoms with Gasteiger partial charge in [-0.3, -0.25) is 5.41 Å². The molecule has 1 atom stereocenters. The van der Waals surface area contributed by atoms with Crippen LogP contribution in [0.4, 0.5) is 4.79 Å². The van der Waals surface area contributed by atoms with Gasteiger partial charge in [0.25, 0.3) is 0 Å². The van der Waals surface area contributed by atoms with Crippen LogP contribution in [-0.2, 0) is 16.0 Å². The van der Waals surface area contributed by atoms with Crippen LogP contribution in [0.2, 0.25) is 0 Å². The normalized spacial score (nSPS) is 11.8. The number of hydrogen-bond acceptors (Lipinski definition) is 4. The molecule has 128 valence electrons. The Morgan fingerprint density at radius 1 is 1.39 bits per heavy atom. The summed E-state index contributed by atoms with van der Waals surface area (Å²) in [6.07, 6.45) is -0.724. The van der Waals surface area contributed by atoms with Gasteiger partial charge in [0.2, 0.25) is 0 Å². The zero-order valence-corrected chi connectivity index (χ0v) is 14.1. The van der Waals surface area contributed by atoms with Crippen molar-refractivity contribution in [2.24, 2.45) is 5.73 Å². The van der Waals surface area contributed by atoms with Gasteiger partial charge in [-0.1, -0.05) is 18.2 Å². The van der Waals surface area contributed by atoms with Crippen molar-refractivity contribution in [2.75, 3.05) is 0 Å². The standard InChI is InChI=1S/C15H21N3O4.ClH/c1-15(2,3)22-14(21)18-11(13(19)20)8-9-5-4-6-10(7-9)12(16)17;/h4-7,11H,8H2,1-3H3,(H3,16,17)(H,18,21)(H,19,20);1H/t11-;/m0./s1. The number of nitrogens with two attached hydrogens (primary N) is 1. The average Bonchev–Trinajstić information content (AvgIpc) is 2.35. The zero-order valence-electron chi connectivity index (χ0n) is 13.3. The van der Waals surface area contributed by atoms with Crippen molar-refractivity contribution in [3.05, 3.63) is 35.4 Å². The molecule has 1 aromatic carbocycles. The van der Waals surface area contributed by atoms with Crippen LogP contribution < -0.4 is 11.1 Å². The molecule has 0 unspecified atom stereocenters. The molecular formula is C15H22ClN3O4. The van der Waals surface area contributed by atoms with Gasteiger partial charge >= 0.3 is 12.1 Å². The summed E-state index contributed by atoms with van der Waals surface area (Å²) in [5, 5.41) is 18.9. The molecule has 0 radical (unpaired) electrons. The first-order chi connectivity index (χ1) is 10.1. The second-order valence-corrected chi connectivity index (χ2v) is 5.86. The van der Waals surface area contributed by atoms with Gasteiger partial charge in [0.05, 0.1) is 0 Å². The molecule has 1 rings (SSSR count). The van der Waals surface area contributed by atoms with E-state index in [9.17, 15) is 14.7 Å². The van der Waals surface area contributed by atoms with Gasteiger partial charge < -0.3 is 20.9 Å². The highest BCUT2D eigenvalue weighted by molar-refractivity contribution is 5.95. The Morgan fingerprint density at radius 2 is 2.00 bits per heavy atom. The smallest absolute Gasteiger partial charge is 0.408 e. The van der Waals surface area contributed by atoms with Crippen LogP contribution >= 0.6 is 12.4 Å². The van der Waals surface area contributed by atoms with E-state index >= 15 is 0 Å². The number of aliphatic carboxylic acids is 1. The van der Waals surface area contributed by atoms with Crippen molar-refractivity contribution in [3.63, 3.8) is 0 Å². The van der Waals surface area contributed by atoms with Gasteiger partial charge in [-0.05, 0) is 32.4 Å². The van der Waals surface area contributed by atoms with Crippen molar-refractivity contribution in [1.82, 2.24) is 5.32 Å². The summed E-state index contributed by atoms with van der Waals surface area (Å²) in [5.41, 5.74) is 5.84. The molecular weight excluding hydrogens is 322 g/mol. The topological polar surface area (TPSA) is 126 Å². The lowest BCUT2D eigenvalue weighted by atomic mass is 10.0. The maximum absolute atomic E-state index is 11.7. The number of rotatable bonds is 5. The van der Waals surface area contributed by atoms with Gasteiger partial charge in [0.15, 0.2) is 0 Å². The lowest BCUT2D eigenvalue weighted by molar-refractivity contribution is -0.139. The quantitative estimate of drug-likeness (QED) is 0.480. The molecule has 23 heavy (non-hydrogen) atoms. The SMILES string of the molecule is CC(C)(C)OC(=O)N[C@@H](Cc1cccc(C(=N)N)c1)C(=O)O.Cl. The third kappa shape index (κ3) is 7.51. The van der Waals surface area contributed by atoms with Crippen LogP contribution in [0.25, 0.3) is 0 Å². The predicted molar refractivity (Wildman–Crippen MR) is 89.2 cm³/mol. The van der Waals surface area contributed by atoms with Crippen LogP contribution in [0, 0.1) is 5.41 Å². The van der Waals surface area contributed by atoms with Crippen molar-refractivity contribution < 1.29 is 19.4 Å². The first kappa shape index (κ1) is 20.7. The second-order valence-electron chi connectivity index (χ2n) is 5.86. The first-order valence-corrected chi connectivity index (χ1v) is 6.74. The highest BCUT2D eigenvalue weighted by atomic mass is 35.5. The fraction of sp³-hybridized carbons (Fsp3) is 0.400. The van der Waals surface area contributed by atoms with Crippen LogP contribution in [0.1, 0.15) is 31.9 Å². The minimum atomic E-state index is -1.17. The summed E-state index contributed by atoms with van der Waals surface area (Å²) < 4.78 is 5.05. The number of nitrogen functional groups attached to an aromatic ring is 1. The Hall–Kier alpha value is -2.28. The van der Waals surface area contributed by atoms with E-state index < -0.39 is 23.7 Å². The number of nitrogens with one attached hydrogen (secondary N) is 2. The lowest BCUT2D eigenvalue weighted by Crippen LogP contribution is -2.44. The Labute approximate surface area is 141 Å². The summed E-state index contributed by atoms with van der Waals surface area (Å²) in [4.78, 5) is 23.0. The van der Waals surface area contributed by atoms with Gasteiger partial charge in [-0.2, -0.15) is 0 Å². The molecule has 0 fully saturated rings. The largest absolute Gasteiger partial charge is 0.480 e. The third-order valence-electron chi connectivity index (χ3n) is 2.67. The molecule has 0 bridgehead atoms. The van der Waals surface area contributed by atoms with Crippen LogP contribution in [0.5, 0.6) is 0 Å². The first-order valence-electron chi connectivity index (χ1n) is 6.74. The van der Waals surface area contributed by atoms with E-state index in [2.05, 4.69) is 5.32 Å². The number of benzene rings is 1. The number of alkyl carbamates (subject to hydrolysis) is 1. The van der Waals surface area contributed by atoms with Crippen molar-refractivity contribution in [2.45, 2.75) is 38.8 Å². The van der Waals surface area contributed by atoms with E-state index in [1.807, 2.05) is 0 Å². The molecule has 0 saturated heterocycles. The van der Waals surface area contributed by atoms with E-state index in [4.69, 9.17) is 15.9 Å². The molecule has 0 aliphatic heterocycles. The number of hydrogen-bond donors (Lipinski definition) is 4. The van der Waals surface area contributed by atoms with E-state index in [0.717, 1.165) is 0 Å². The Balaban J connectivity index is 0.00000484. The zero-order chi connectivity index (χ0) is 16.9. The fourth-order valence-corrected chi connectivity index (χ4v) is 1.75. The Bertz CT molecular complexity index is 584. The molecule has 8 heteroatoms. The molecule has 1 aromatic rings. The maximum atomic E-state index is 11.7. The van der Waals surface area contributed by atoms with Crippen molar-refractivity contribution >= 4 is 30.3 Å². The predicted octanol–water partition coefficient (Wildman–Crippen LogP) is 1.91. The Morgan fingerprint density at radius 3 is 2.48 bits per heavy atom. The fourth-order valence-electron chi connectivity index (χ4n) is 1.75. The number of carbonyl (C=O) groups is 2. The van der Waals surface area contributed by atoms with Crippen molar-refractivity contribution in [3.8, 4) is 0 Å².